The molecule has 0 amide bonds. The number of halogens is 1. The van der Waals surface area contributed by atoms with E-state index in [1.165, 1.54) is 23.5 Å². The number of nitrogens with zero attached hydrogens (tertiary/aromatic N) is 5. The molecule has 7 rings (SSSR count). The molecule has 0 saturated heterocycles. The minimum Gasteiger partial charge on any atom is -0.384 e. The molecule has 3 heterocycles. The molecular formula is C36H29FN6OS. The lowest BCUT2D eigenvalue weighted by atomic mass is 9.68. The predicted molar refractivity (Wildman–Crippen MR) is 174 cm³/mol. The van der Waals surface area contributed by atoms with Crippen LogP contribution in [0.15, 0.2) is 119 Å². The fraction of sp³-hybridized carbons (Fsp3) is 0.167. The number of hydrogen-bond donors (Lipinski definition) is 1. The van der Waals surface area contributed by atoms with E-state index in [1.54, 1.807) is 21.7 Å². The zero-order valence-electron chi connectivity index (χ0n) is 24.7. The van der Waals surface area contributed by atoms with E-state index in [9.17, 15) is 14.4 Å². The molecule has 2 aliphatic rings. The Morgan fingerprint density at radius 3 is 2.36 bits per heavy atom. The SMILES string of the molecule is CC1(C)CC(=O)C2=C(C1)N(c1nc(-c3ccc(F)cc3)cs1)C(N)=C(C#N)C2c1cn(-c2ccccc2)nc1-c1ccccc1. The van der Waals surface area contributed by atoms with E-state index in [0.29, 0.717) is 34.9 Å². The maximum atomic E-state index is 14.2. The number of carbonyl (C=O) groups excluding carboxylic acids is 1. The Labute approximate surface area is 264 Å². The summed E-state index contributed by atoms with van der Waals surface area (Å²) in [7, 11) is 0. The van der Waals surface area contributed by atoms with Crippen LogP contribution >= 0.6 is 11.3 Å². The van der Waals surface area contributed by atoms with Crippen molar-refractivity contribution in [2.24, 2.45) is 11.1 Å². The molecular weight excluding hydrogens is 584 g/mol. The number of carbonyl (C=O) groups is 1. The highest BCUT2D eigenvalue weighted by molar-refractivity contribution is 7.14. The predicted octanol–water partition coefficient (Wildman–Crippen LogP) is 7.74. The lowest BCUT2D eigenvalue weighted by Crippen LogP contribution is -2.42. The second-order valence-corrected chi connectivity index (χ2v) is 12.9. The zero-order chi connectivity index (χ0) is 31.3. The summed E-state index contributed by atoms with van der Waals surface area (Å²) in [5, 5.41) is 18.1. The van der Waals surface area contributed by atoms with E-state index in [4.69, 9.17) is 15.8 Å². The largest absolute Gasteiger partial charge is 0.384 e. The number of thiazole rings is 1. The number of para-hydroxylation sites is 1. The molecule has 3 aromatic carbocycles. The number of anilines is 1. The lowest BCUT2D eigenvalue weighted by Gasteiger charge is -2.42. The summed E-state index contributed by atoms with van der Waals surface area (Å²) in [4.78, 5) is 20.9. The molecule has 0 bridgehead atoms. The van der Waals surface area contributed by atoms with E-state index in [0.717, 1.165) is 28.1 Å². The van der Waals surface area contributed by atoms with Crippen molar-refractivity contribution in [1.29, 1.82) is 5.26 Å². The topological polar surface area (TPSA) is 101 Å². The first-order valence-electron chi connectivity index (χ1n) is 14.6. The molecule has 1 atom stereocenters. The van der Waals surface area contributed by atoms with Crippen molar-refractivity contribution in [3.63, 3.8) is 0 Å². The van der Waals surface area contributed by atoms with E-state index < -0.39 is 5.92 Å². The maximum absolute atomic E-state index is 14.2. The number of aromatic nitrogens is 3. The third kappa shape index (κ3) is 5.03. The van der Waals surface area contributed by atoms with Gasteiger partial charge in [-0.3, -0.25) is 9.69 Å². The van der Waals surface area contributed by atoms with Gasteiger partial charge in [-0.15, -0.1) is 11.3 Å². The highest BCUT2D eigenvalue weighted by Crippen LogP contribution is 2.52. The average Bonchev–Trinajstić information content (AvgIpc) is 3.70. The Hall–Kier alpha value is -5.33. The molecule has 0 radical (unpaired) electrons. The lowest BCUT2D eigenvalue weighted by molar-refractivity contribution is -0.118. The first-order chi connectivity index (χ1) is 21.7. The minimum atomic E-state index is -0.714. The van der Waals surface area contributed by atoms with Gasteiger partial charge in [0.1, 0.15) is 11.6 Å². The Bertz CT molecular complexity index is 2030. The number of benzene rings is 3. The maximum Gasteiger partial charge on any atom is 0.195 e. The molecule has 5 aromatic rings. The van der Waals surface area contributed by atoms with Crippen molar-refractivity contribution in [3.05, 3.63) is 131 Å². The van der Waals surface area contributed by atoms with Crippen LogP contribution in [0.2, 0.25) is 0 Å². The zero-order valence-corrected chi connectivity index (χ0v) is 25.6. The van der Waals surface area contributed by atoms with Crippen molar-refractivity contribution in [3.8, 4) is 34.3 Å². The van der Waals surface area contributed by atoms with Crippen LogP contribution in [0.25, 0.3) is 28.2 Å². The number of hydrogen-bond acceptors (Lipinski definition) is 7. The smallest absolute Gasteiger partial charge is 0.195 e. The molecule has 2 aromatic heterocycles. The van der Waals surface area contributed by atoms with Crippen LogP contribution in [-0.2, 0) is 4.79 Å². The summed E-state index contributed by atoms with van der Waals surface area (Å²) >= 11 is 1.36. The standard InChI is InChI=1S/C36H29FN6OS/c1-36(2)17-29-32(30(44)18-36)31(27-20-42(25-11-7-4-8-12-25)41-33(27)23-9-5-3-6-10-23)26(19-38)34(39)43(29)35-40-28(21-45-35)22-13-15-24(37)16-14-22/h3-16,20-21,31H,17-18,39H2,1-2H3. The number of nitriles is 1. The Balaban J connectivity index is 1.44. The van der Waals surface area contributed by atoms with Gasteiger partial charge in [0, 0.05) is 46.0 Å². The summed E-state index contributed by atoms with van der Waals surface area (Å²) in [6.45, 7) is 4.13. The summed E-state index contributed by atoms with van der Waals surface area (Å²) in [5.41, 5.74) is 12.7. The molecule has 0 spiro atoms. The van der Waals surface area contributed by atoms with E-state index in [2.05, 4.69) is 19.9 Å². The third-order valence-electron chi connectivity index (χ3n) is 8.33. The van der Waals surface area contributed by atoms with Crippen LogP contribution in [0.3, 0.4) is 0 Å². The van der Waals surface area contributed by atoms with Crippen LogP contribution in [0, 0.1) is 22.6 Å². The van der Waals surface area contributed by atoms with Gasteiger partial charge in [0.25, 0.3) is 0 Å². The van der Waals surface area contributed by atoms with Gasteiger partial charge < -0.3 is 5.73 Å². The van der Waals surface area contributed by atoms with Gasteiger partial charge in [-0.1, -0.05) is 62.4 Å². The fourth-order valence-electron chi connectivity index (χ4n) is 6.29. The molecule has 0 fully saturated rings. The summed E-state index contributed by atoms with van der Waals surface area (Å²) in [6, 6.07) is 28.0. The average molecular weight is 613 g/mol. The van der Waals surface area contributed by atoms with Gasteiger partial charge in [-0.2, -0.15) is 10.4 Å². The molecule has 222 valence electrons. The number of rotatable bonds is 5. The van der Waals surface area contributed by atoms with Crippen LogP contribution in [0.4, 0.5) is 9.52 Å². The normalized spacial score (nSPS) is 17.8. The third-order valence-corrected chi connectivity index (χ3v) is 9.15. The minimum absolute atomic E-state index is 0.0294. The summed E-state index contributed by atoms with van der Waals surface area (Å²) < 4.78 is 15.4. The summed E-state index contributed by atoms with van der Waals surface area (Å²) in [5.74, 6) is -0.837. The van der Waals surface area contributed by atoms with Crippen LogP contribution in [0.5, 0.6) is 0 Å². The number of Topliss-reactive ketones (excluding diaryl/α,β-unsaturated/α-hetero) is 1. The molecule has 1 aliphatic heterocycles. The molecule has 45 heavy (non-hydrogen) atoms. The Morgan fingerprint density at radius 1 is 0.978 bits per heavy atom. The van der Waals surface area contributed by atoms with Crippen molar-refractivity contribution in [2.45, 2.75) is 32.6 Å². The second kappa shape index (κ2) is 11.0. The Kier molecular flexibility index (Phi) is 6.94. The first-order valence-corrected chi connectivity index (χ1v) is 15.5. The summed E-state index contributed by atoms with van der Waals surface area (Å²) in [6.07, 6.45) is 2.81. The van der Waals surface area contributed by atoms with Crippen LogP contribution < -0.4 is 10.6 Å². The quantitative estimate of drug-likeness (QED) is 0.218. The van der Waals surface area contributed by atoms with Gasteiger partial charge in [-0.25, -0.2) is 14.1 Å². The first kappa shape index (κ1) is 28.4. The van der Waals surface area contributed by atoms with Gasteiger partial charge in [0.05, 0.1) is 34.6 Å². The van der Waals surface area contributed by atoms with Gasteiger partial charge >= 0.3 is 0 Å². The fourth-order valence-corrected chi connectivity index (χ4v) is 7.16. The molecule has 1 unspecified atom stereocenters. The monoisotopic (exact) mass is 612 g/mol. The molecule has 1 aliphatic carbocycles. The highest BCUT2D eigenvalue weighted by atomic mass is 32.1. The van der Waals surface area contributed by atoms with E-state index in [-0.39, 0.29) is 28.4 Å². The molecule has 7 nitrogen and oxygen atoms in total. The molecule has 2 N–H and O–H groups in total. The molecule has 9 heteroatoms. The van der Waals surface area contributed by atoms with Crippen molar-refractivity contribution < 1.29 is 9.18 Å². The van der Waals surface area contributed by atoms with Crippen molar-refractivity contribution in [2.75, 3.05) is 4.90 Å². The van der Waals surface area contributed by atoms with Crippen molar-refractivity contribution >= 4 is 22.3 Å². The van der Waals surface area contributed by atoms with Crippen LogP contribution in [0.1, 0.15) is 38.2 Å². The highest BCUT2D eigenvalue weighted by Gasteiger charge is 2.46. The van der Waals surface area contributed by atoms with Crippen molar-refractivity contribution in [1.82, 2.24) is 14.8 Å². The number of nitrogens with two attached hydrogens (primary N) is 1. The van der Waals surface area contributed by atoms with Crippen LogP contribution in [-0.4, -0.2) is 20.5 Å². The van der Waals surface area contributed by atoms with E-state index >= 15 is 0 Å². The molecule has 0 saturated carbocycles. The number of ketones is 1. The second-order valence-electron chi connectivity index (χ2n) is 12.1. The van der Waals surface area contributed by atoms with E-state index in [1.807, 2.05) is 72.2 Å². The Morgan fingerprint density at radius 2 is 1.67 bits per heavy atom. The van der Waals surface area contributed by atoms with Gasteiger partial charge in [-0.05, 0) is 48.2 Å². The van der Waals surface area contributed by atoms with Gasteiger partial charge in [0.15, 0.2) is 10.9 Å². The number of allylic oxidation sites excluding steroid dienone is 3. The van der Waals surface area contributed by atoms with Gasteiger partial charge in [0.2, 0.25) is 0 Å².